The van der Waals surface area contributed by atoms with E-state index < -0.39 is 18.0 Å². The summed E-state index contributed by atoms with van der Waals surface area (Å²) in [6.45, 7) is 2.21. The Kier molecular flexibility index (Phi) is 9.51. The molecule has 1 rings (SSSR count). The molecule has 1 aliphatic rings. The van der Waals surface area contributed by atoms with Gasteiger partial charge in [0, 0.05) is 12.8 Å². The van der Waals surface area contributed by atoms with E-state index in [1.54, 1.807) is 0 Å². The number of hydrogen-bond acceptors (Lipinski definition) is 4. The van der Waals surface area contributed by atoms with Crippen LogP contribution in [0.15, 0.2) is 0 Å². The van der Waals surface area contributed by atoms with Crippen molar-refractivity contribution < 1.29 is 19.1 Å². The van der Waals surface area contributed by atoms with Crippen molar-refractivity contribution in [3.8, 4) is 0 Å². The Morgan fingerprint density at radius 3 is 2.18 bits per heavy atom. The molecule has 1 amide bonds. The highest BCUT2D eigenvalue weighted by atomic mass is 16.6. The van der Waals surface area contributed by atoms with Gasteiger partial charge in [-0.05, 0) is 12.8 Å². The standard InChI is InChI=1S/C17H29NO4/c1-2-3-4-5-6-7-8-9-10-11-16(20)22-17(21)14-12-13-15(19)18-14/h14H,2-13H2,1H3,(H,18,19)/t14-/m0/s1. The van der Waals surface area contributed by atoms with Crippen LogP contribution in [0, 0.1) is 0 Å². The first kappa shape index (κ1) is 18.7. The molecule has 1 aliphatic heterocycles. The lowest BCUT2D eigenvalue weighted by molar-refractivity contribution is -0.161. The van der Waals surface area contributed by atoms with Crippen LogP contribution in [-0.4, -0.2) is 23.9 Å². The van der Waals surface area contributed by atoms with Gasteiger partial charge < -0.3 is 10.1 Å². The molecule has 0 bridgehead atoms. The minimum absolute atomic E-state index is 0.159. The third-order valence-corrected chi connectivity index (χ3v) is 3.98. The summed E-state index contributed by atoms with van der Waals surface area (Å²) in [6.07, 6.45) is 11.6. The Morgan fingerprint density at radius 2 is 1.64 bits per heavy atom. The van der Waals surface area contributed by atoms with Gasteiger partial charge in [-0.2, -0.15) is 0 Å². The minimum atomic E-state index is -0.639. The number of nitrogens with one attached hydrogen (secondary N) is 1. The van der Waals surface area contributed by atoms with Crippen LogP contribution < -0.4 is 5.32 Å². The zero-order chi connectivity index (χ0) is 16.2. The van der Waals surface area contributed by atoms with Gasteiger partial charge in [0.25, 0.3) is 0 Å². The summed E-state index contributed by atoms with van der Waals surface area (Å²) in [5.41, 5.74) is 0. The Hall–Kier alpha value is -1.39. The average molecular weight is 311 g/mol. The number of rotatable bonds is 11. The van der Waals surface area contributed by atoms with Gasteiger partial charge in [-0.3, -0.25) is 9.59 Å². The van der Waals surface area contributed by atoms with Gasteiger partial charge in [-0.25, -0.2) is 4.79 Å². The van der Waals surface area contributed by atoms with E-state index in [2.05, 4.69) is 12.2 Å². The highest BCUT2D eigenvalue weighted by Crippen LogP contribution is 2.12. The van der Waals surface area contributed by atoms with E-state index >= 15 is 0 Å². The van der Waals surface area contributed by atoms with E-state index in [0.717, 1.165) is 19.3 Å². The number of unbranched alkanes of at least 4 members (excludes halogenated alkanes) is 8. The third-order valence-electron chi connectivity index (χ3n) is 3.98. The van der Waals surface area contributed by atoms with Gasteiger partial charge in [0.05, 0.1) is 0 Å². The lowest BCUT2D eigenvalue weighted by Gasteiger charge is -2.08. The molecular weight excluding hydrogens is 282 g/mol. The Labute approximate surface area is 133 Å². The van der Waals surface area contributed by atoms with E-state index in [1.807, 2.05) is 0 Å². The van der Waals surface area contributed by atoms with E-state index in [9.17, 15) is 14.4 Å². The molecule has 1 atom stereocenters. The smallest absolute Gasteiger partial charge is 0.336 e. The summed E-state index contributed by atoms with van der Waals surface area (Å²) >= 11 is 0. The molecule has 22 heavy (non-hydrogen) atoms. The molecule has 0 aromatic carbocycles. The normalized spacial score (nSPS) is 17.3. The number of carbonyl (C=O) groups is 3. The van der Waals surface area contributed by atoms with Gasteiger partial charge >= 0.3 is 11.9 Å². The molecule has 1 saturated heterocycles. The zero-order valence-electron chi connectivity index (χ0n) is 13.7. The highest BCUT2D eigenvalue weighted by Gasteiger charge is 2.29. The summed E-state index contributed by atoms with van der Waals surface area (Å²) in [5, 5.41) is 2.50. The van der Waals surface area contributed by atoms with Gasteiger partial charge in [0.2, 0.25) is 5.91 Å². The van der Waals surface area contributed by atoms with Crippen LogP contribution in [-0.2, 0) is 19.1 Å². The largest absolute Gasteiger partial charge is 0.392 e. The van der Waals surface area contributed by atoms with Gasteiger partial charge in [0.15, 0.2) is 0 Å². The van der Waals surface area contributed by atoms with Crippen molar-refractivity contribution in [3.05, 3.63) is 0 Å². The van der Waals surface area contributed by atoms with Crippen LogP contribution in [0.2, 0.25) is 0 Å². The summed E-state index contributed by atoms with van der Waals surface area (Å²) in [4.78, 5) is 34.1. The highest BCUT2D eigenvalue weighted by molar-refractivity contribution is 5.93. The lowest BCUT2D eigenvalue weighted by atomic mass is 10.1. The van der Waals surface area contributed by atoms with Crippen molar-refractivity contribution in [1.82, 2.24) is 5.32 Å². The number of carbonyl (C=O) groups excluding carboxylic acids is 3. The molecule has 5 heteroatoms. The topological polar surface area (TPSA) is 72.5 Å². The van der Waals surface area contributed by atoms with Gasteiger partial charge in [-0.1, -0.05) is 58.3 Å². The molecule has 0 radical (unpaired) electrons. The molecule has 0 unspecified atom stereocenters. The van der Waals surface area contributed by atoms with Crippen LogP contribution in [0.4, 0.5) is 0 Å². The Bertz CT molecular complexity index is 368. The number of ether oxygens (including phenoxy) is 1. The van der Waals surface area contributed by atoms with E-state index in [-0.39, 0.29) is 12.3 Å². The minimum Gasteiger partial charge on any atom is -0.392 e. The number of hydrogen-bond donors (Lipinski definition) is 1. The van der Waals surface area contributed by atoms with Crippen LogP contribution in [0.25, 0.3) is 0 Å². The fourth-order valence-corrected chi connectivity index (χ4v) is 2.61. The van der Waals surface area contributed by atoms with Crippen LogP contribution in [0.3, 0.4) is 0 Å². The predicted molar refractivity (Wildman–Crippen MR) is 84.1 cm³/mol. The molecule has 0 aliphatic carbocycles. The van der Waals surface area contributed by atoms with Crippen LogP contribution in [0.5, 0.6) is 0 Å². The lowest BCUT2D eigenvalue weighted by Crippen LogP contribution is -2.35. The maximum absolute atomic E-state index is 11.6. The quantitative estimate of drug-likeness (QED) is 0.361. The average Bonchev–Trinajstić information content (AvgIpc) is 2.92. The van der Waals surface area contributed by atoms with Crippen LogP contribution in [0.1, 0.15) is 84.0 Å². The Morgan fingerprint density at radius 1 is 1.05 bits per heavy atom. The second-order valence-electron chi connectivity index (χ2n) is 6.03. The predicted octanol–water partition coefficient (Wildman–Crippen LogP) is 3.26. The monoisotopic (exact) mass is 311 g/mol. The van der Waals surface area contributed by atoms with Crippen molar-refractivity contribution in [2.24, 2.45) is 0 Å². The first-order valence-corrected chi connectivity index (χ1v) is 8.67. The summed E-state index contributed by atoms with van der Waals surface area (Å²) in [6, 6.07) is -0.639. The maximum atomic E-state index is 11.6. The molecule has 0 spiro atoms. The fourth-order valence-electron chi connectivity index (χ4n) is 2.61. The van der Waals surface area contributed by atoms with E-state index in [1.165, 1.54) is 38.5 Å². The molecule has 1 fully saturated rings. The third kappa shape index (κ3) is 8.15. The van der Waals surface area contributed by atoms with Crippen molar-refractivity contribution in [3.63, 3.8) is 0 Å². The summed E-state index contributed by atoms with van der Waals surface area (Å²) in [5.74, 6) is -1.26. The van der Waals surface area contributed by atoms with E-state index in [0.29, 0.717) is 12.8 Å². The van der Waals surface area contributed by atoms with Crippen molar-refractivity contribution in [1.29, 1.82) is 0 Å². The SMILES string of the molecule is CCCCCCCCCCCC(=O)OC(=O)[C@@H]1CCC(=O)N1. The van der Waals surface area contributed by atoms with Gasteiger partial charge in [-0.15, -0.1) is 0 Å². The second kappa shape index (κ2) is 11.2. The van der Waals surface area contributed by atoms with Gasteiger partial charge in [0.1, 0.15) is 6.04 Å². The zero-order valence-corrected chi connectivity index (χ0v) is 13.7. The van der Waals surface area contributed by atoms with Crippen LogP contribution >= 0.6 is 0 Å². The van der Waals surface area contributed by atoms with Crippen molar-refractivity contribution in [2.45, 2.75) is 90.0 Å². The molecule has 0 aromatic rings. The summed E-state index contributed by atoms with van der Waals surface area (Å²) in [7, 11) is 0. The van der Waals surface area contributed by atoms with E-state index in [4.69, 9.17) is 4.74 Å². The number of amides is 1. The molecule has 5 nitrogen and oxygen atoms in total. The van der Waals surface area contributed by atoms with Crippen molar-refractivity contribution >= 4 is 17.8 Å². The molecular formula is C17H29NO4. The Balaban J connectivity index is 1.95. The van der Waals surface area contributed by atoms with Crippen molar-refractivity contribution in [2.75, 3.05) is 0 Å². The first-order chi connectivity index (χ1) is 10.6. The number of esters is 2. The summed E-state index contributed by atoms with van der Waals surface area (Å²) < 4.78 is 4.76. The first-order valence-electron chi connectivity index (χ1n) is 8.67. The fraction of sp³-hybridized carbons (Fsp3) is 0.824. The molecule has 1 N–H and O–H groups in total. The molecule has 1 heterocycles. The molecule has 126 valence electrons. The second-order valence-corrected chi connectivity index (χ2v) is 6.03. The maximum Gasteiger partial charge on any atom is 0.336 e. The molecule has 0 saturated carbocycles. The molecule has 0 aromatic heterocycles.